The van der Waals surface area contributed by atoms with Gasteiger partial charge in [0.2, 0.25) is 0 Å². The molecular formula is C26H26N2O3S. The quantitative estimate of drug-likeness (QED) is 0.367. The fourth-order valence-electron chi connectivity index (χ4n) is 4.18. The Balaban J connectivity index is 1.16. The summed E-state index contributed by atoms with van der Waals surface area (Å²) in [5.41, 5.74) is 4.14. The molecule has 4 aromatic rings. The van der Waals surface area contributed by atoms with Crippen LogP contribution >= 0.6 is 11.3 Å². The van der Waals surface area contributed by atoms with Crippen molar-refractivity contribution in [2.24, 2.45) is 0 Å². The van der Waals surface area contributed by atoms with Gasteiger partial charge in [-0.2, -0.15) is 11.3 Å². The Morgan fingerprint density at radius 3 is 2.47 bits per heavy atom. The predicted molar refractivity (Wildman–Crippen MR) is 129 cm³/mol. The van der Waals surface area contributed by atoms with Gasteiger partial charge in [-0.3, -0.25) is 14.6 Å². The first-order valence-electron chi connectivity index (χ1n) is 10.8. The number of piperazine rings is 1. The molecule has 1 saturated heterocycles. The van der Waals surface area contributed by atoms with E-state index in [1.54, 1.807) is 18.4 Å². The molecular weight excluding hydrogens is 420 g/mol. The molecule has 164 valence electrons. The summed E-state index contributed by atoms with van der Waals surface area (Å²) in [6.07, 6.45) is 0. The average Bonchev–Trinajstić information content (AvgIpc) is 3.49. The molecule has 0 saturated carbocycles. The van der Waals surface area contributed by atoms with Crippen LogP contribution in [0.5, 0.6) is 5.75 Å². The fraction of sp³-hybridized carbons (Fsp3) is 0.269. The van der Waals surface area contributed by atoms with Gasteiger partial charge in [-0.15, -0.1) is 0 Å². The number of nitrogens with zero attached hydrogens (tertiary/aromatic N) is 2. The minimum absolute atomic E-state index is 0.153. The van der Waals surface area contributed by atoms with Crippen LogP contribution in [0.4, 0.5) is 0 Å². The van der Waals surface area contributed by atoms with E-state index in [1.807, 2.05) is 24.3 Å². The molecule has 0 bridgehead atoms. The molecule has 1 fully saturated rings. The number of benzene rings is 2. The van der Waals surface area contributed by atoms with Gasteiger partial charge >= 0.3 is 0 Å². The summed E-state index contributed by atoms with van der Waals surface area (Å²) in [5, 5.41) is 5.42. The first-order valence-corrected chi connectivity index (χ1v) is 11.8. The highest BCUT2D eigenvalue weighted by atomic mass is 32.1. The molecule has 0 amide bonds. The number of Topliss-reactive ketones (excluding diaryl/α,β-unsaturated/α-hetero) is 1. The number of fused-ring (bicyclic) bond motifs is 1. The van der Waals surface area contributed by atoms with Crippen molar-refractivity contribution in [2.45, 2.75) is 6.54 Å². The maximum Gasteiger partial charge on any atom is 0.176 e. The predicted octanol–water partition coefficient (Wildman–Crippen LogP) is 5.17. The van der Waals surface area contributed by atoms with E-state index < -0.39 is 0 Å². The largest absolute Gasteiger partial charge is 0.497 e. The van der Waals surface area contributed by atoms with Crippen molar-refractivity contribution < 1.29 is 13.9 Å². The van der Waals surface area contributed by atoms with E-state index >= 15 is 0 Å². The normalized spacial score (nSPS) is 15.3. The second-order valence-corrected chi connectivity index (χ2v) is 8.96. The lowest BCUT2D eigenvalue weighted by atomic mass is 10.1. The van der Waals surface area contributed by atoms with Crippen LogP contribution in [0.15, 0.2) is 69.8 Å². The molecule has 0 aliphatic carbocycles. The topological polar surface area (TPSA) is 45.9 Å². The molecule has 6 heteroatoms. The molecule has 0 spiro atoms. The number of carbonyl (C=O) groups excluding carboxylic acids is 1. The Kier molecular flexibility index (Phi) is 6.08. The van der Waals surface area contributed by atoms with E-state index in [9.17, 15) is 4.79 Å². The number of ether oxygens (including phenoxy) is 1. The fourth-order valence-corrected chi connectivity index (χ4v) is 4.85. The van der Waals surface area contributed by atoms with Gasteiger partial charge in [-0.1, -0.05) is 6.07 Å². The smallest absolute Gasteiger partial charge is 0.176 e. The molecule has 5 nitrogen and oxygen atoms in total. The molecule has 3 heterocycles. The zero-order valence-electron chi connectivity index (χ0n) is 18.1. The SMILES string of the molecule is COc1ccc(C(=O)CN2CCN(Cc3cc4cc(-c5ccsc5)ccc4o3)CC2)cc1. The molecule has 1 aliphatic rings. The monoisotopic (exact) mass is 446 g/mol. The van der Waals surface area contributed by atoms with Gasteiger partial charge in [0.25, 0.3) is 0 Å². The number of hydrogen-bond acceptors (Lipinski definition) is 6. The first kappa shape index (κ1) is 20.9. The van der Waals surface area contributed by atoms with Gasteiger partial charge in [0.05, 0.1) is 20.2 Å². The number of ketones is 1. The summed E-state index contributed by atoms with van der Waals surface area (Å²) in [6.45, 7) is 4.86. The molecule has 5 rings (SSSR count). The number of methoxy groups -OCH3 is 1. The number of furan rings is 1. The third kappa shape index (κ3) is 4.63. The van der Waals surface area contributed by atoms with Crippen LogP contribution in [-0.4, -0.2) is 55.4 Å². The number of thiophene rings is 1. The summed E-state index contributed by atoms with van der Waals surface area (Å²) < 4.78 is 11.3. The Morgan fingerprint density at radius 1 is 0.969 bits per heavy atom. The molecule has 0 N–H and O–H groups in total. The van der Waals surface area contributed by atoms with Crippen molar-refractivity contribution in [2.75, 3.05) is 39.8 Å². The minimum Gasteiger partial charge on any atom is -0.497 e. The van der Waals surface area contributed by atoms with Crippen LogP contribution < -0.4 is 4.74 Å². The van der Waals surface area contributed by atoms with Crippen molar-refractivity contribution in [3.05, 3.63) is 76.7 Å². The summed E-state index contributed by atoms with van der Waals surface area (Å²) >= 11 is 1.71. The maximum atomic E-state index is 12.6. The summed E-state index contributed by atoms with van der Waals surface area (Å²) in [4.78, 5) is 17.2. The van der Waals surface area contributed by atoms with Gasteiger partial charge < -0.3 is 9.15 Å². The van der Waals surface area contributed by atoms with Gasteiger partial charge in [-0.25, -0.2) is 0 Å². The lowest BCUT2D eigenvalue weighted by Crippen LogP contribution is -2.47. The number of rotatable bonds is 7. The van der Waals surface area contributed by atoms with E-state index in [1.165, 1.54) is 11.1 Å². The standard InChI is InChI=1S/C26H26N2O3S/c1-30-23-5-2-19(3-6-23)25(29)17-28-11-9-27(10-12-28)16-24-15-22-14-20(4-7-26(22)31-24)21-8-13-32-18-21/h2-8,13-15,18H,9-12,16-17H2,1H3. The minimum atomic E-state index is 0.153. The number of carbonyl (C=O) groups is 1. The second-order valence-electron chi connectivity index (χ2n) is 8.18. The zero-order chi connectivity index (χ0) is 21.9. The highest BCUT2D eigenvalue weighted by Gasteiger charge is 2.21. The Labute approximate surface area is 191 Å². The Bertz CT molecular complexity index is 1190. The summed E-state index contributed by atoms with van der Waals surface area (Å²) in [7, 11) is 1.63. The molecule has 1 aliphatic heterocycles. The maximum absolute atomic E-state index is 12.6. The molecule has 2 aromatic heterocycles. The van der Waals surface area contributed by atoms with Gasteiger partial charge in [-0.05, 0) is 70.4 Å². The molecule has 0 atom stereocenters. The van der Waals surface area contributed by atoms with Crippen molar-refractivity contribution >= 4 is 28.1 Å². The molecule has 32 heavy (non-hydrogen) atoms. The van der Waals surface area contributed by atoms with Crippen LogP contribution in [0.1, 0.15) is 16.1 Å². The average molecular weight is 447 g/mol. The second kappa shape index (κ2) is 9.28. The molecule has 2 aromatic carbocycles. The summed E-state index contributed by atoms with van der Waals surface area (Å²) in [5.74, 6) is 1.91. The van der Waals surface area contributed by atoms with E-state index in [0.29, 0.717) is 6.54 Å². The van der Waals surface area contributed by atoms with Gasteiger partial charge in [0.1, 0.15) is 17.1 Å². The number of hydrogen-bond donors (Lipinski definition) is 0. The lowest BCUT2D eigenvalue weighted by molar-refractivity contribution is 0.0834. The Morgan fingerprint density at radius 2 is 1.75 bits per heavy atom. The first-order chi connectivity index (χ1) is 15.7. The van der Waals surface area contributed by atoms with E-state index in [4.69, 9.17) is 9.15 Å². The highest BCUT2D eigenvalue weighted by Crippen LogP contribution is 2.28. The van der Waals surface area contributed by atoms with Gasteiger partial charge in [0, 0.05) is 37.1 Å². The third-order valence-corrected chi connectivity index (χ3v) is 6.73. The lowest BCUT2D eigenvalue weighted by Gasteiger charge is -2.33. The van der Waals surface area contributed by atoms with Crippen molar-refractivity contribution in [1.82, 2.24) is 9.80 Å². The van der Waals surface area contributed by atoms with Crippen molar-refractivity contribution in [1.29, 1.82) is 0 Å². The van der Waals surface area contributed by atoms with Gasteiger partial charge in [0.15, 0.2) is 5.78 Å². The third-order valence-electron chi connectivity index (χ3n) is 6.05. The molecule has 0 unspecified atom stereocenters. The van der Waals surface area contributed by atoms with Crippen LogP contribution in [0.2, 0.25) is 0 Å². The molecule has 0 radical (unpaired) electrons. The van der Waals surface area contributed by atoms with E-state index in [0.717, 1.165) is 60.8 Å². The zero-order valence-corrected chi connectivity index (χ0v) is 18.9. The van der Waals surface area contributed by atoms with Crippen LogP contribution in [0, 0.1) is 0 Å². The Hall–Kier alpha value is -2.93. The highest BCUT2D eigenvalue weighted by molar-refractivity contribution is 7.08. The van der Waals surface area contributed by atoms with Crippen molar-refractivity contribution in [3.63, 3.8) is 0 Å². The summed E-state index contributed by atoms with van der Waals surface area (Å²) in [6, 6.07) is 18.0. The van der Waals surface area contributed by atoms with Crippen LogP contribution in [0.3, 0.4) is 0 Å². The van der Waals surface area contributed by atoms with E-state index in [2.05, 4.69) is 50.9 Å². The van der Waals surface area contributed by atoms with Crippen LogP contribution in [0.25, 0.3) is 22.1 Å². The van der Waals surface area contributed by atoms with Crippen LogP contribution in [-0.2, 0) is 6.54 Å². The van der Waals surface area contributed by atoms with E-state index in [-0.39, 0.29) is 5.78 Å². The van der Waals surface area contributed by atoms with Crippen molar-refractivity contribution in [3.8, 4) is 16.9 Å².